The van der Waals surface area contributed by atoms with Gasteiger partial charge in [-0.25, -0.2) is 0 Å². The van der Waals surface area contributed by atoms with Crippen molar-refractivity contribution in [3.63, 3.8) is 0 Å². The largest absolute Gasteiger partial charge is 0.490 e. The molecule has 2 aromatic rings. The Hall–Kier alpha value is -2.76. The van der Waals surface area contributed by atoms with Gasteiger partial charge in [0.25, 0.3) is 11.8 Å². The van der Waals surface area contributed by atoms with E-state index in [1.54, 1.807) is 25.1 Å². The van der Waals surface area contributed by atoms with Crippen LogP contribution in [-0.4, -0.2) is 31.1 Å². The average Bonchev–Trinajstić information content (AvgIpc) is 2.66. The third-order valence-corrected chi connectivity index (χ3v) is 4.53. The van der Waals surface area contributed by atoms with E-state index in [0.29, 0.717) is 33.2 Å². The lowest BCUT2D eigenvalue weighted by Crippen LogP contribution is -2.31. The Bertz CT molecular complexity index is 989. The van der Waals surface area contributed by atoms with E-state index in [9.17, 15) is 9.59 Å². The summed E-state index contributed by atoms with van der Waals surface area (Å²) in [5.74, 6) is -0.174. The molecule has 2 N–H and O–H groups in total. The molecule has 0 atom stereocenters. The number of hydrogen-bond acceptors (Lipinski definition) is 5. The van der Waals surface area contributed by atoms with Crippen molar-refractivity contribution in [2.45, 2.75) is 26.8 Å². The Balaban J connectivity index is 2.17. The number of rotatable bonds is 8. The van der Waals surface area contributed by atoms with Crippen LogP contribution in [0.2, 0.25) is 5.02 Å². The molecular weight excluding hydrogens is 474 g/mol. The summed E-state index contributed by atoms with van der Waals surface area (Å²) in [6.45, 7) is 5.49. The maximum absolute atomic E-state index is 12.5. The van der Waals surface area contributed by atoms with Gasteiger partial charge in [0.1, 0.15) is 0 Å². The monoisotopic (exact) mass is 493 g/mol. The fourth-order valence-corrected chi connectivity index (χ4v) is 3.25. The summed E-state index contributed by atoms with van der Waals surface area (Å²) >= 11 is 9.36. The summed E-state index contributed by atoms with van der Waals surface area (Å²) in [6.07, 6.45) is 0. The first-order chi connectivity index (χ1) is 14.2. The summed E-state index contributed by atoms with van der Waals surface area (Å²) in [7, 11) is 0. The van der Waals surface area contributed by atoms with Crippen molar-refractivity contribution >= 4 is 45.0 Å². The highest BCUT2D eigenvalue weighted by atomic mass is 79.9. The second-order valence-electron chi connectivity index (χ2n) is 6.49. The van der Waals surface area contributed by atoms with Crippen LogP contribution < -0.4 is 20.1 Å². The first kappa shape index (κ1) is 23.5. The number of halogens is 2. The molecule has 0 heterocycles. The van der Waals surface area contributed by atoms with Crippen molar-refractivity contribution < 1.29 is 19.1 Å². The predicted octanol–water partition coefficient (Wildman–Crippen LogP) is 4.53. The molecule has 0 saturated carbocycles. The molecule has 0 spiro atoms. The van der Waals surface area contributed by atoms with Gasteiger partial charge in [0.15, 0.2) is 18.1 Å². The average molecular weight is 495 g/mol. The SMILES string of the molecule is CCOc1cc(C#N)cc(Br)c1OCC(=O)Nc1cc(Cl)ccc1C(=O)NC(C)C. The second-order valence-corrected chi connectivity index (χ2v) is 7.78. The van der Waals surface area contributed by atoms with Gasteiger partial charge in [-0.1, -0.05) is 11.6 Å². The van der Waals surface area contributed by atoms with Gasteiger partial charge in [0.2, 0.25) is 0 Å². The minimum absolute atomic E-state index is 0.0641. The maximum atomic E-state index is 12.5. The number of nitriles is 1. The molecule has 0 bridgehead atoms. The quantitative estimate of drug-likeness (QED) is 0.562. The molecule has 0 aromatic heterocycles. The van der Waals surface area contributed by atoms with Crippen molar-refractivity contribution in [2.24, 2.45) is 0 Å². The first-order valence-corrected chi connectivity index (χ1v) is 10.3. The van der Waals surface area contributed by atoms with Gasteiger partial charge >= 0.3 is 0 Å². The first-order valence-electron chi connectivity index (χ1n) is 9.14. The minimum Gasteiger partial charge on any atom is -0.490 e. The summed E-state index contributed by atoms with van der Waals surface area (Å²) in [4.78, 5) is 24.9. The van der Waals surface area contributed by atoms with E-state index in [0.717, 1.165) is 0 Å². The maximum Gasteiger partial charge on any atom is 0.262 e. The number of nitrogens with one attached hydrogen (secondary N) is 2. The number of amides is 2. The zero-order valence-electron chi connectivity index (χ0n) is 16.7. The Morgan fingerprint density at radius 1 is 1.23 bits per heavy atom. The zero-order valence-corrected chi connectivity index (χ0v) is 19.1. The third-order valence-electron chi connectivity index (χ3n) is 3.71. The minimum atomic E-state index is -0.491. The van der Waals surface area contributed by atoms with Crippen molar-refractivity contribution in [3.05, 3.63) is 51.0 Å². The summed E-state index contributed by atoms with van der Waals surface area (Å²) in [6, 6.07) is 9.69. The number of nitrogens with zero attached hydrogens (tertiary/aromatic N) is 1. The van der Waals surface area contributed by atoms with E-state index >= 15 is 0 Å². The highest BCUT2D eigenvalue weighted by Crippen LogP contribution is 2.36. The molecule has 0 saturated heterocycles. The van der Waals surface area contributed by atoms with Crippen LogP contribution in [0, 0.1) is 11.3 Å². The van der Waals surface area contributed by atoms with Crippen molar-refractivity contribution in [1.82, 2.24) is 5.32 Å². The number of anilines is 1. The number of carbonyl (C=O) groups is 2. The fraction of sp³-hybridized carbons (Fsp3) is 0.286. The zero-order chi connectivity index (χ0) is 22.3. The van der Waals surface area contributed by atoms with E-state index < -0.39 is 5.91 Å². The third kappa shape index (κ3) is 6.37. The lowest BCUT2D eigenvalue weighted by Gasteiger charge is -2.15. The van der Waals surface area contributed by atoms with E-state index in [4.69, 9.17) is 26.3 Å². The van der Waals surface area contributed by atoms with Crippen LogP contribution in [0.5, 0.6) is 11.5 Å². The van der Waals surface area contributed by atoms with Crippen LogP contribution in [0.4, 0.5) is 5.69 Å². The molecule has 0 unspecified atom stereocenters. The molecule has 2 rings (SSSR count). The van der Waals surface area contributed by atoms with Crippen LogP contribution in [0.15, 0.2) is 34.8 Å². The Labute approximate surface area is 188 Å². The highest BCUT2D eigenvalue weighted by molar-refractivity contribution is 9.10. The second kappa shape index (κ2) is 10.9. The van der Waals surface area contributed by atoms with E-state index in [1.807, 2.05) is 19.9 Å². The van der Waals surface area contributed by atoms with E-state index in [-0.39, 0.29) is 29.8 Å². The van der Waals surface area contributed by atoms with Crippen molar-refractivity contribution in [1.29, 1.82) is 5.26 Å². The molecular formula is C21H21BrClN3O4. The molecule has 9 heteroatoms. The van der Waals surface area contributed by atoms with Gasteiger partial charge in [-0.05, 0) is 61.0 Å². The number of carbonyl (C=O) groups excluding carboxylic acids is 2. The van der Waals surface area contributed by atoms with E-state index in [2.05, 4.69) is 26.6 Å². The summed E-state index contributed by atoms with van der Waals surface area (Å²) in [5.41, 5.74) is 0.955. The topological polar surface area (TPSA) is 100 Å². The lowest BCUT2D eigenvalue weighted by atomic mass is 10.1. The smallest absolute Gasteiger partial charge is 0.262 e. The van der Waals surface area contributed by atoms with Gasteiger partial charge in [-0.15, -0.1) is 0 Å². The molecule has 2 amide bonds. The van der Waals surface area contributed by atoms with E-state index in [1.165, 1.54) is 12.1 Å². The molecule has 7 nitrogen and oxygen atoms in total. The van der Waals surface area contributed by atoms with Gasteiger partial charge in [-0.2, -0.15) is 5.26 Å². The van der Waals surface area contributed by atoms with Crippen LogP contribution in [0.3, 0.4) is 0 Å². The van der Waals surface area contributed by atoms with Crippen LogP contribution in [0.1, 0.15) is 36.7 Å². The molecule has 0 radical (unpaired) electrons. The number of ether oxygens (including phenoxy) is 2. The van der Waals surface area contributed by atoms with Gasteiger partial charge in [-0.3, -0.25) is 9.59 Å². The highest BCUT2D eigenvalue weighted by Gasteiger charge is 2.17. The lowest BCUT2D eigenvalue weighted by molar-refractivity contribution is -0.118. The molecule has 0 fully saturated rings. The van der Waals surface area contributed by atoms with Gasteiger partial charge < -0.3 is 20.1 Å². The molecule has 0 aliphatic heterocycles. The van der Waals surface area contributed by atoms with Gasteiger partial charge in [0, 0.05) is 17.1 Å². The van der Waals surface area contributed by atoms with Crippen LogP contribution in [0.25, 0.3) is 0 Å². The predicted molar refractivity (Wildman–Crippen MR) is 118 cm³/mol. The Kier molecular flexibility index (Phi) is 8.51. The summed E-state index contributed by atoms with van der Waals surface area (Å²) < 4.78 is 11.6. The molecule has 0 aliphatic carbocycles. The van der Waals surface area contributed by atoms with Crippen LogP contribution in [-0.2, 0) is 4.79 Å². The Morgan fingerprint density at radius 2 is 1.97 bits per heavy atom. The number of hydrogen-bond donors (Lipinski definition) is 2. The van der Waals surface area contributed by atoms with Crippen molar-refractivity contribution in [3.8, 4) is 17.6 Å². The molecule has 30 heavy (non-hydrogen) atoms. The van der Waals surface area contributed by atoms with Crippen LogP contribution >= 0.6 is 27.5 Å². The summed E-state index contributed by atoms with van der Waals surface area (Å²) in [5, 5.41) is 14.9. The normalized spacial score (nSPS) is 10.3. The molecule has 2 aromatic carbocycles. The fourth-order valence-electron chi connectivity index (χ4n) is 2.52. The molecule has 158 valence electrons. The van der Waals surface area contributed by atoms with Gasteiger partial charge in [0.05, 0.1) is 34.0 Å². The molecule has 0 aliphatic rings. The van der Waals surface area contributed by atoms with Crippen molar-refractivity contribution in [2.75, 3.05) is 18.5 Å². The standard InChI is InChI=1S/C21H21BrClN3O4/c1-4-29-18-8-13(10-24)7-16(22)20(18)30-11-19(27)26-17-9-14(23)5-6-15(17)21(28)25-12(2)3/h5-9,12H,4,11H2,1-3H3,(H,25,28)(H,26,27). The Morgan fingerprint density at radius 3 is 2.60 bits per heavy atom. The number of benzene rings is 2.